The van der Waals surface area contributed by atoms with Gasteiger partial charge in [0.25, 0.3) is 0 Å². The van der Waals surface area contributed by atoms with Gasteiger partial charge in [0.15, 0.2) is 0 Å². The van der Waals surface area contributed by atoms with Crippen molar-refractivity contribution >= 4 is 15.9 Å². The van der Waals surface area contributed by atoms with Crippen LogP contribution in [0.5, 0.6) is 0 Å². The third kappa shape index (κ3) is 12.4. The molecule has 0 aromatic carbocycles. The van der Waals surface area contributed by atoms with Crippen molar-refractivity contribution in [1.82, 2.24) is 0 Å². The molecule has 0 aliphatic carbocycles. The summed E-state index contributed by atoms with van der Waals surface area (Å²) < 4.78 is 5.20. The normalized spacial score (nSPS) is 10.6. The molecule has 0 bridgehead atoms. The van der Waals surface area contributed by atoms with E-state index in [4.69, 9.17) is 4.74 Å². The summed E-state index contributed by atoms with van der Waals surface area (Å²) in [6.45, 7) is 3.18. The second kappa shape index (κ2) is 12.4. The Morgan fingerprint density at radius 2 is 1.38 bits per heavy atom. The lowest BCUT2D eigenvalue weighted by molar-refractivity contribution is 0.180. The Labute approximate surface area is 91.4 Å². The highest BCUT2D eigenvalue weighted by atomic mass is 79.9. The molecule has 0 saturated carbocycles. The van der Waals surface area contributed by atoms with Crippen molar-refractivity contribution in [2.24, 2.45) is 0 Å². The van der Waals surface area contributed by atoms with Gasteiger partial charge in [0.05, 0.1) is 0 Å². The molecule has 80 valence electrons. The summed E-state index contributed by atoms with van der Waals surface area (Å²) >= 11 is 3.24. The molecular formula is C11H23BrO. The van der Waals surface area contributed by atoms with Crippen LogP contribution in [0.2, 0.25) is 0 Å². The largest absolute Gasteiger partial charge is 0.370 e. The Kier molecular flexibility index (Phi) is 12.9. The van der Waals surface area contributed by atoms with Gasteiger partial charge in [-0.05, 0) is 6.42 Å². The second-order valence-corrected chi connectivity index (χ2v) is 3.95. The number of hydrogen-bond donors (Lipinski definition) is 0. The van der Waals surface area contributed by atoms with Crippen LogP contribution in [-0.4, -0.2) is 12.1 Å². The topological polar surface area (TPSA) is 9.23 Å². The molecule has 0 heterocycles. The molecule has 13 heavy (non-hydrogen) atoms. The Balaban J connectivity index is 2.76. The van der Waals surface area contributed by atoms with E-state index in [1.165, 1.54) is 51.4 Å². The fourth-order valence-corrected chi connectivity index (χ4v) is 1.62. The van der Waals surface area contributed by atoms with Gasteiger partial charge in [-0.3, -0.25) is 0 Å². The molecule has 0 fully saturated rings. The first-order valence-electron chi connectivity index (χ1n) is 5.55. The third-order valence-electron chi connectivity index (χ3n) is 2.22. The minimum atomic E-state index is 0.684. The molecule has 0 radical (unpaired) electrons. The van der Waals surface area contributed by atoms with E-state index >= 15 is 0 Å². The molecule has 0 aromatic rings. The Bertz CT molecular complexity index is 76.2. The molecule has 0 spiro atoms. The summed E-state index contributed by atoms with van der Waals surface area (Å²) in [4.78, 5) is 0. The summed E-state index contributed by atoms with van der Waals surface area (Å²) in [6.07, 6.45) is 11.0. The van der Waals surface area contributed by atoms with Gasteiger partial charge in [0, 0.05) is 6.61 Å². The average molecular weight is 251 g/mol. The average Bonchev–Trinajstić information content (AvgIpc) is 2.16. The highest BCUT2D eigenvalue weighted by Gasteiger charge is 1.91. The number of halogens is 1. The van der Waals surface area contributed by atoms with Gasteiger partial charge in [-0.15, -0.1) is 0 Å². The van der Waals surface area contributed by atoms with E-state index in [0.29, 0.717) is 5.52 Å². The lowest BCUT2D eigenvalue weighted by atomic mass is 10.1. The maximum Gasteiger partial charge on any atom is 0.101 e. The molecule has 0 aliphatic rings. The van der Waals surface area contributed by atoms with Gasteiger partial charge >= 0.3 is 0 Å². The van der Waals surface area contributed by atoms with Crippen LogP contribution >= 0.6 is 15.9 Å². The van der Waals surface area contributed by atoms with Crippen LogP contribution in [0.4, 0.5) is 0 Å². The predicted octanol–water partition coefficient (Wildman–Crippen LogP) is 4.50. The van der Waals surface area contributed by atoms with Crippen LogP contribution in [0.3, 0.4) is 0 Å². The molecule has 0 aromatic heterocycles. The maximum absolute atomic E-state index is 5.20. The predicted molar refractivity (Wildman–Crippen MR) is 62.4 cm³/mol. The Hall–Kier alpha value is 0.440. The third-order valence-corrected chi connectivity index (χ3v) is 2.54. The number of ether oxygens (including phenoxy) is 1. The van der Waals surface area contributed by atoms with Crippen LogP contribution in [-0.2, 0) is 4.74 Å². The highest BCUT2D eigenvalue weighted by molar-refractivity contribution is 9.09. The minimum absolute atomic E-state index is 0.684. The molecule has 0 amide bonds. The molecule has 0 N–H and O–H groups in total. The van der Waals surface area contributed by atoms with Gasteiger partial charge in [0.2, 0.25) is 0 Å². The smallest absolute Gasteiger partial charge is 0.101 e. The van der Waals surface area contributed by atoms with Crippen molar-refractivity contribution in [3.05, 3.63) is 0 Å². The summed E-state index contributed by atoms with van der Waals surface area (Å²) in [5.41, 5.74) is 0.684. The van der Waals surface area contributed by atoms with E-state index in [-0.39, 0.29) is 0 Å². The van der Waals surface area contributed by atoms with E-state index in [1.54, 1.807) is 0 Å². The quantitative estimate of drug-likeness (QED) is 0.410. The summed E-state index contributed by atoms with van der Waals surface area (Å²) in [6, 6.07) is 0. The SMILES string of the molecule is CCCCCCCCCCOCBr. The van der Waals surface area contributed by atoms with Gasteiger partial charge in [-0.25, -0.2) is 0 Å². The van der Waals surface area contributed by atoms with Crippen molar-refractivity contribution in [1.29, 1.82) is 0 Å². The zero-order chi connectivity index (χ0) is 9.78. The molecule has 0 saturated heterocycles. The monoisotopic (exact) mass is 250 g/mol. The number of alkyl halides is 1. The summed E-state index contributed by atoms with van der Waals surface area (Å²) in [7, 11) is 0. The van der Waals surface area contributed by atoms with E-state index in [0.717, 1.165) is 6.61 Å². The number of rotatable bonds is 10. The lowest BCUT2D eigenvalue weighted by Crippen LogP contribution is -1.91. The van der Waals surface area contributed by atoms with Crippen molar-refractivity contribution in [2.75, 3.05) is 12.1 Å². The van der Waals surface area contributed by atoms with E-state index < -0.39 is 0 Å². The van der Waals surface area contributed by atoms with Gasteiger partial charge in [0.1, 0.15) is 5.52 Å². The van der Waals surface area contributed by atoms with Crippen LogP contribution < -0.4 is 0 Å². The molecule has 0 unspecified atom stereocenters. The Morgan fingerprint density at radius 3 is 1.92 bits per heavy atom. The van der Waals surface area contributed by atoms with Crippen LogP contribution in [0.25, 0.3) is 0 Å². The molecular weight excluding hydrogens is 228 g/mol. The van der Waals surface area contributed by atoms with E-state index in [9.17, 15) is 0 Å². The first-order valence-corrected chi connectivity index (χ1v) is 6.67. The summed E-state index contributed by atoms with van der Waals surface area (Å²) in [5.74, 6) is 0. The van der Waals surface area contributed by atoms with Gasteiger partial charge in [-0.2, -0.15) is 0 Å². The molecule has 0 atom stereocenters. The minimum Gasteiger partial charge on any atom is -0.370 e. The molecule has 2 heteroatoms. The first kappa shape index (κ1) is 13.4. The van der Waals surface area contributed by atoms with Crippen molar-refractivity contribution in [3.63, 3.8) is 0 Å². The van der Waals surface area contributed by atoms with Gasteiger partial charge < -0.3 is 4.74 Å². The molecule has 1 nitrogen and oxygen atoms in total. The van der Waals surface area contributed by atoms with E-state index in [2.05, 4.69) is 22.9 Å². The lowest BCUT2D eigenvalue weighted by Gasteiger charge is -2.01. The fourth-order valence-electron chi connectivity index (χ4n) is 1.39. The molecule has 0 rings (SSSR count). The van der Waals surface area contributed by atoms with E-state index in [1.807, 2.05) is 0 Å². The van der Waals surface area contributed by atoms with Crippen molar-refractivity contribution in [3.8, 4) is 0 Å². The number of hydrogen-bond acceptors (Lipinski definition) is 1. The van der Waals surface area contributed by atoms with Crippen LogP contribution in [0.15, 0.2) is 0 Å². The number of unbranched alkanes of at least 4 members (excludes halogenated alkanes) is 7. The maximum atomic E-state index is 5.20. The van der Waals surface area contributed by atoms with Crippen molar-refractivity contribution < 1.29 is 4.74 Å². The zero-order valence-corrected chi connectivity index (χ0v) is 10.4. The first-order chi connectivity index (χ1) is 6.41. The Morgan fingerprint density at radius 1 is 0.846 bits per heavy atom. The molecule has 0 aliphatic heterocycles. The highest BCUT2D eigenvalue weighted by Crippen LogP contribution is 2.08. The zero-order valence-electron chi connectivity index (χ0n) is 8.86. The fraction of sp³-hybridized carbons (Fsp3) is 1.00. The van der Waals surface area contributed by atoms with Gasteiger partial charge in [-0.1, -0.05) is 67.8 Å². The van der Waals surface area contributed by atoms with Crippen LogP contribution in [0, 0.1) is 0 Å². The second-order valence-electron chi connectivity index (χ2n) is 3.49. The summed E-state index contributed by atoms with van der Waals surface area (Å²) in [5, 5.41) is 0. The van der Waals surface area contributed by atoms with Crippen molar-refractivity contribution in [2.45, 2.75) is 58.3 Å². The standard InChI is InChI=1S/C11H23BrO/c1-2-3-4-5-6-7-8-9-10-13-11-12/h2-11H2,1H3. The van der Waals surface area contributed by atoms with Crippen LogP contribution in [0.1, 0.15) is 58.3 Å².